The van der Waals surface area contributed by atoms with Crippen molar-refractivity contribution in [3.63, 3.8) is 0 Å². The molecular formula is C21H35N5O6Si. The van der Waals surface area contributed by atoms with Crippen LogP contribution in [0.25, 0.3) is 11.2 Å². The van der Waals surface area contributed by atoms with Crippen LogP contribution in [0.5, 0.6) is 0 Å². The standard InChI is InChI=1S/C21H35N5O6Si/c1-11(2)17(28)24-20-23-16-13(18(29)25-20)22-10-26(16)19-15(30-6)14(12(9-27)31-19)32-33(7,8)21(3,4)5/h10-12,14-15,19,27H,9H2,1-8H3,(H2,23,24,25,28,29)/t12-,14?,15+,19-/m1/s1. The van der Waals surface area contributed by atoms with E-state index in [4.69, 9.17) is 13.9 Å². The van der Waals surface area contributed by atoms with Crippen molar-refractivity contribution in [3.05, 3.63) is 16.7 Å². The van der Waals surface area contributed by atoms with Gasteiger partial charge in [-0.25, -0.2) is 4.98 Å². The summed E-state index contributed by atoms with van der Waals surface area (Å²) < 4.78 is 20.1. The van der Waals surface area contributed by atoms with E-state index in [1.807, 2.05) is 0 Å². The Hall–Kier alpha value is -2.12. The Labute approximate surface area is 194 Å². The van der Waals surface area contributed by atoms with E-state index in [-0.39, 0.29) is 40.6 Å². The highest BCUT2D eigenvalue weighted by Gasteiger charge is 2.51. The number of hydrogen-bond acceptors (Lipinski definition) is 8. The molecule has 12 heteroatoms. The van der Waals surface area contributed by atoms with Crippen molar-refractivity contribution in [1.29, 1.82) is 0 Å². The van der Waals surface area contributed by atoms with Gasteiger partial charge in [-0.1, -0.05) is 34.6 Å². The van der Waals surface area contributed by atoms with E-state index in [1.54, 1.807) is 25.5 Å². The van der Waals surface area contributed by atoms with Crippen LogP contribution in [0.2, 0.25) is 18.1 Å². The Bertz CT molecular complexity index is 1060. The number of rotatable bonds is 7. The van der Waals surface area contributed by atoms with Gasteiger partial charge in [0.05, 0.1) is 12.9 Å². The van der Waals surface area contributed by atoms with E-state index >= 15 is 0 Å². The quantitative estimate of drug-likeness (QED) is 0.510. The highest BCUT2D eigenvalue weighted by Crippen LogP contribution is 2.42. The highest BCUT2D eigenvalue weighted by molar-refractivity contribution is 6.74. The molecule has 3 N–H and O–H groups in total. The number of amides is 1. The zero-order valence-electron chi connectivity index (χ0n) is 20.5. The topological polar surface area (TPSA) is 141 Å². The summed E-state index contributed by atoms with van der Waals surface area (Å²) in [6.07, 6.45) is -1.03. The molecule has 1 amide bonds. The first-order chi connectivity index (χ1) is 15.3. The summed E-state index contributed by atoms with van der Waals surface area (Å²) in [7, 11) is -0.663. The zero-order valence-corrected chi connectivity index (χ0v) is 21.5. The third-order valence-corrected chi connectivity index (χ3v) is 10.9. The lowest BCUT2D eigenvalue weighted by Crippen LogP contribution is -2.50. The smallest absolute Gasteiger partial charge is 0.280 e. The molecule has 1 aliphatic heterocycles. The summed E-state index contributed by atoms with van der Waals surface area (Å²) in [6.45, 7) is 13.9. The van der Waals surface area contributed by atoms with Crippen LogP contribution >= 0.6 is 0 Å². The van der Waals surface area contributed by atoms with Gasteiger partial charge in [0.1, 0.15) is 18.3 Å². The second-order valence-electron chi connectivity index (χ2n) is 10.2. The van der Waals surface area contributed by atoms with Gasteiger partial charge in [0.15, 0.2) is 25.7 Å². The number of ether oxygens (including phenoxy) is 2. The van der Waals surface area contributed by atoms with Gasteiger partial charge in [-0.2, -0.15) is 4.98 Å². The number of anilines is 1. The van der Waals surface area contributed by atoms with Crippen LogP contribution in [0.4, 0.5) is 5.95 Å². The van der Waals surface area contributed by atoms with Crippen molar-refractivity contribution in [1.82, 2.24) is 19.5 Å². The van der Waals surface area contributed by atoms with Crippen LogP contribution in [0.15, 0.2) is 11.1 Å². The van der Waals surface area contributed by atoms with Crippen molar-refractivity contribution >= 4 is 31.3 Å². The highest BCUT2D eigenvalue weighted by atomic mass is 28.4. The number of aromatic amines is 1. The van der Waals surface area contributed by atoms with Gasteiger partial charge < -0.3 is 19.0 Å². The first-order valence-electron chi connectivity index (χ1n) is 11.1. The lowest BCUT2D eigenvalue weighted by atomic mass is 10.1. The fourth-order valence-corrected chi connectivity index (χ4v) is 4.74. The predicted octanol–water partition coefficient (Wildman–Crippen LogP) is 2.01. The summed E-state index contributed by atoms with van der Waals surface area (Å²) >= 11 is 0. The largest absolute Gasteiger partial charge is 0.408 e. The minimum atomic E-state index is -2.22. The van der Waals surface area contributed by atoms with E-state index < -0.39 is 38.4 Å². The molecule has 3 rings (SSSR count). The van der Waals surface area contributed by atoms with E-state index in [1.165, 1.54) is 6.33 Å². The summed E-state index contributed by atoms with van der Waals surface area (Å²) in [5.41, 5.74) is -0.155. The maximum absolute atomic E-state index is 12.6. The number of carbonyl (C=O) groups excluding carboxylic acids is 1. The molecule has 33 heavy (non-hydrogen) atoms. The van der Waals surface area contributed by atoms with Crippen LogP contribution in [-0.2, 0) is 18.7 Å². The number of aliphatic hydroxyl groups excluding tert-OH is 1. The fourth-order valence-electron chi connectivity index (χ4n) is 3.42. The summed E-state index contributed by atoms with van der Waals surface area (Å²) in [5.74, 6) is -0.545. The second-order valence-corrected chi connectivity index (χ2v) is 14.9. The lowest BCUT2D eigenvalue weighted by molar-refractivity contribution is -0.118. The van der Waals surface area contributed by atoms with E-state index in [0.29, 0.717) is 0 Å². The number of hydrogen-bond donors (Lipinski definition) is 3. The number of aliphatic hydroxyl groups is 1. The maximum Gasteiger partial charge on any atom is 0.280 e. The zero-order chi connectivity index (χ0) is 24.7. The Kier molecular flexibility index (Phi) is 7.15. The predicted molar refractivity (Wildman–Crippen MR) is 125 cm³/mol. The van der Waals surface area contributed by atoms with Gasteiger partial charge in [-0.15, -0.1) is 0 Å². The molecule has 0 radical (unpaired) electrons. The van der Waals surface area contributed by atoms with Gasteiger partial charge in [0, 0.05) is 13.0 Å². The van der Waals surface area contributed by atoms with Gasteiger partial charge in [0.25, 0.3) is 5.56 Å². The number of imidazole rings is 1. The number of methoxy groups -OCH3 is 1. The van der Waals surface area contributed by atoms with Gasteiger partial charge in [0.2, 0.25) is 11.9 Å². The van der Waals surface area contributed by atoms with E-state index in [9.17, 15) is 14.7 Å². The molecule has 4 atom stereocenters. The van der Waals surface area contributed by atoms with Gasteiger partial charge in [-0.05, 0) is 18.1 Å². The number of carbonyl (C=O) groups is 1. The average molecular weight is 482 g/mol. The molecule has 184 valence electrons. The van der Waals surface area contributed by atoms with Crippen molar-refractivity contribution in [2.45, 2.75) is 77.3 Å². The first-order valence-corrected chi connectivity index (χ1v) is 14.0. The summed E-state index contributed by atoms with van der Waals surface area (Å²) in [4.78, 5) is 35.8. The van der Waals surface area contributed by atoms with Gasteiger partial charge in [-0.3, -0.25) is 24.5 Å². The van der Waals surface area contributed by atoms with Crippen LogP contribution in [0.3, 0.4) is 0 Å². The molecule has 1 saturated heterocycles. The first kappa shape index (κ1) is 25.5. The molecule has 0 aromatic carbocycles. The SMILES string of the molecule is CO[C@H]1C(O[Si](C)(C)C(C)(C)C)[C@@H](CO)O[C@H]1n1cnc2c(=O)[nH]c(NC(=O)C(C)C)nc21. The number of nitrogens with zero attached hydrogens (tertiary/aromatic N) is 3. The molecule has 0 bridgehead atoms. The molecule has 3 heterocycles. The summed E-state index contributed by atoms with van der Waals surface area (Å²) in [6, 6.07) is 0. The molecule has 11 nitrogen and oxygen atoms in total. The third-order valence-electron chi connectivity index (χ3n) is 6.45. The monoisotopic (exact) mass is 481 g/mol. The molecule has 2 aromatic heterocycles. The molecule has 1 fully saturated rings. The normalized spacial score (nSPS) is 24.1. The molecule has 2 aromatic rings. The number of nitrogens with one attached hydrogen (secondary N) is 2. The third kappa shape index (κ3) is 4.89. The molecular weight excluding hydrogens is 446 g/mol. The van der Waals surface area contributed by atoms with Crippen molar-refractivity contribution in [2.75, 3.05) is 19.0 Å². The van der Waals surface area contributed by atoms with E-state index in [0.717, 1.165) is 0 Å². The van der Waals surface area contributed by atoms with Crippen molar-refractivity contribution in [2.24, 2.45) is 5.92 Å². The maximum atomic E-state index is 12.6. The minimum Gasteiger partial charge on any atom is -0.408 e. The average Bonchev–Trinajstić information content (AvgIpc) is 3.27. The Balaban J connectivity index is 2.01. The van der Waals surface area contributed by atoms with Crippen LogP contribution in [-0.4, -0.2) is 70.9 Å². The van der Waals surface area contributed by atoms with Crippen LogP contribution in [0, 0.1) is 5.92 Å². The lowest BCUT2D eigenvalue weighted by Gasteiger charge is -2.40. The molecule has 1 unspecified atom stereocenters. The fraction of sp³-hybridized carbons (Fsp3) is 0.714. The van der Waals surface area contributed by atoms with E-state index in [2.05, 4.69) is 54.1 Å². The molecule has 1 aliphatic rings. The van der Waals surface area contributed by atoms with Crippen LogP contribution in [0.1, 0.15) is 40.8 Å². The molecule has 0 aliphatic carbocycles. The Morgan fingerprint density at radius 2 is 2.03 bits per heavy atom. The van der Waals surface area contributed by atoms with Crippen molar-refractivity contribution in [3.8, 4) is 0 Å². The Morgan fingerprint density at radius 3 is 2.58 bits per heavy atom. The summed E-state index contributed by atoms with van der Waals surface area (Å²) in [5, 5.41) is 12.6. The van der Waals surface area contributed by atoms with Crippen LogP contribution < -0.4 is 10.9 Å². The molecule has 0 saturated carbocycles. The van der Waals surface area contributed by atoms with Gasteiger partial charge >= 0.3 is 0 Å². The number of fused-ring (bicyclic) bond motifs is 1. The Morgan fingerprint density at radius 1 is 1.36 bits per heavy atom. The number of aromatic nitrogens is 4. The number of H-pyrrole nitrogens is 1. The second kappa shape index (κ2) is 9.26. The minimum absolute atomic E-state index is 0.0210. The van der Waals surface area contributed by atoms with Crippen molar-refractivity contribution < 1.29 is 23.8 Å². The molecule has 0 spiro atoms.